The van der Waals surface area contributed by atoms with Crippen LogP contribution in [0.1, 0.15) is 17.3 Å². The Bertz CT molecular complexity index is 403. The minimum Gasteiger partial charge on any atom is -0.399 e. The van der Waals surface area contributed by atoms with Gasteiger partial charge in [-0.25, -0.2) is 0 Å². The summed E-state index contributed by atoms with van der Waals surface area (Å²) in [6.45, 7) is 1.84. The molecule has 17 heavy (non-hydrogen) atoms. The van der Waals surface area contributed by atoms with Crippen LogP contribution in [0.3, 0.4) is 0 Å². The third-order valence-electron chi connectivity index (χ3n) is 2.31. The Labute approximate surface area is 101 Å². The second-order valence-electron chi connectivity index (χ2n) is 4.23. The number of hydrogen-bond donors (Lipinski definition) is 3. The lowest BCUT2D eigenvalue weighted by Gasteiger charge is -2.18. The molecule has 0 fully saturated rings. The summed E-state index contributed by atoms with van der Waals surface area (Å²) in [4.78, 5) is 13.8. The van der Waals surface area contributed by atoms with Gasteiger partial charge < -0.3 is 21.1 Å². The molecule has 1 atom stereocenters. The number of aliphatic hydroxyl groups is 1. The number of anilines is 2. The van der Waals surface area contributed by atoms with E-state index in [4.69, 9.17) is 10.8 Å². The molecule has 0 unspecified atom stereocenters. The van der Waals surface area contributed by atoms with E-state index in [1.165, 1.54) is 0 Å². The molecule has 0 radical (unpaired) electrons. The molecule has 1 aromatic rings. The van der Waals surface area contributed by atoms with Crippen LogP contribution in [0.4, 0.5) is 11.4 Å². The maximum absolute atomic E-state index is 11.9. The average Bonchev–Trinajstić information content (AvgIpc) is 2.25. The van der Waals surface area contributed by atoms with E-state index in [2.05, 4.69) is 5.32 Å². The van der Waals surface area contributed by atoms with E-state index in [0.29, 0.717) is 11.3 Å². The monoisotopic (exact) mass is 237 g/mol. The first-order valence-corrected chi connectivity index (χ1v) is 5.45. The lowest BCUT2D eigenvalue weighted by Crippen LogP contribution is -2.31. The standard InChI is InChI=1S/C12H19N3O2/c1-8(16)7-14-12(17)10-6-9(13)4-5-11(10)15(2)3/h4-6,8,16H,7,13H2,1-3H3,(H,14,17)/t8-/m0/s1. The number of carbonyl (C=O) groups excluding carboxylic acids is 1. The van der Waals surface area contributed by atoms with Crippen molar-refractivity contribution in [3.63, 3.8) is 0 Å². The molecule has 0 aromatic heterocycles. The van der Waals surface area contributed by atoms with Gasteiger partial charge in [0, 0.05) is 32.0 Å². The molecule has 0 bridgehead atoms. The van der Waals surface area contributed by atoms with Crippen molar-refractivity contribution in [3.05, 3.63) is 23.8 Å². The molecule has 4 N–H and O–H groups in total. The molecule has 0 aliphatic carbocycles. The van der Waals surface area contributed by atoms with Gasteiger partial charge in [0.15, 0.2) is 0 Å². The zero-order valence-electron chi connectivity index (χ0n) is 10.4. The lowest BCUT2D eigenvalue weighted by molar-refractivity contribution is 0.0924. The zero-order chi connectivity index (χ0) is 13.0. The number of hydrogen-bond acceptors (Lipinski definition) is 4. The Morgan fingerprint density at radius 1 is 1.53 bits per heavy atom. The minimum atomic E-state index is -0.567. The number of amides is 1. The van der Waals surface area contributed by atoms with Crippen molar-refractivity contribution in [3.8, 4) is 0 Å². The van der Waals surface area contributed by atoms with Gasteiger partial charge in [0.05, 0.1) is 11.7 Å². The molecule has 0 aliphatic rings. The van der Waals surface area contributed by atoms with Crippen molar-refractivity contribution >= 4 is 17.3 Å². The second-order valence-corrected chi connectivity index (χ2v) is 4.23. The maximum Gasteiger partial charge on any atom is 0.253 e. The summed E-state index contributed by atoms with van der Waals surface area (Å²) >= 11 is 0. The smallest absolute Gasteiger partial charge is 0.253 e. The van der Waals surface area contributed by atoms with Gasteiger partial charge in [-0.1, -0.05) is 0 Å². The second kappa shape index (κ2) is 5.54. The third kappa shape index (κ3) is 3.64. The lowest BCUT2D eigenvalue weighted by atomic mass is 10.1. The molecule has 0 saturated carbocycles. The van der Waals surface area contributed by atoms with Crippen molar-refractivity contribution in [1.29, 1.82) is 0 Å². The van der Waals surface area contributed by atoms with Crippen LogP contribution in [0.15, 0.2) is 18.2 Å². The molecule has 94 valence electrons. The van der Waals surface area contributed by atoms with Crippen molar-refractivity contribution in [2.45, 2.75) is 13.0 Å². The van der Waals surface area contributed by atoms with Gasteiger partial charge >= 0.3 is 0 Å². The first-order valence-electron chi connectivity index (χ1n) is 5.45. The van der Waals surface area contributed by atoms with E-state index in [1.807, 2.05) is 19.0 Å². The summed E-state index contributed by atoms with van der Waals surface area (Å²) in [5, 5.41) is 11.8. The summed E-state index contributed by atoms with van der Waals surface area (Å²) < 4.78 is 0. The van der Waals surface area contributed by atoms with Gasteiger partial charge in [0.25, 0.3) is 5.91 Å². The first kappa shape index (κ1) is 13.3. The van der Waals surface area contributed by atoms with Crippen molar-refractivity contribution in [2.75, 3.05) is 31.3 Å². The van der Waals surface area contributed by atoms with Crippen molar-refractivity contribution in [2.24, 2.45) is 0 Å². The Hall–Kier alpha value is -1.75. The predicted octanol–water partition coefficient (Wildman–Crippen LogP) is 0.445. The van der Waals surface area contributed by atoms with Crippen LogP contribution in [0.2, 0.25) is 0 Å². The minimum absolute atomic E-state index is 0.223. The molecule has 5 nitrogen and oxygen atoms in total. The molecule has 1 rings (SSSR count). The Kier molecular flexibility index (Phi) is 4.34. The summed E-state index contributed by atoms with van der Waals surface area (Å²) in [7, 11) is 3.72. The molecular weight excluding hydrogens is 218 g/mol. The van der Waals surface area contributed by atoms with Gasteiger partial charge in [-0.05, 0) is 25.1 Å². The molecule has 0 heterocycles. The van der Waals surface area contributed by atoms with Gasteiger partial charge in [-0.3, -0.25) is 4.79 Å². The van der Waals surface area contributed by atoms with Crippen molar-refractivity contribution < 1.29 is 9.90 Å². The van der Waals surface area contributed by atoms with E-state index in [-0.39, 0.29) is 12.5 Å². The highest BCUT2D eigenvalue weighted by Crippen LogP contribution is 2.21. The number of nitrogens with two attached hydrogens (primary N) is 1. The quantitative estimate of drug-likeness (QED) is 0.664. The number of carbonyl (C=O) groups is 1. The predicted molar refractivity (Wildman–Crippen MR) is 69.2 cm³/mol. The first-order chi connectivity index (χ1) is 7.91. The van der Waals surface area contributed by atoms with E-state index in [9.17, 15) is 4.79 Å². The largest absolute Gasteiger partial charge is 0.399 e. The zero-order valence-corrected chi connectivity index (χ0v) is 10.4. The third-order valence-corrected chi connectivity index (χ3v) is 2.31. The Morgan fingerprint density at radius 3 is 2.71 bits per heavy atom. The molecule has 1 aromatic carbocycles. The molecule has 0 saturated heterocycles. The van der Waals surface area contributed by atoms with Crippen LogP contribution in [0.5, 0.6) is 0 Å². The summed E-state index contributed by atoms with van der Waals surface area (Å²) in [5.41, 5.74) is 7.52. The number of nitrogen functional groups attached to an aromatic ring is 1. The van der Waals surface area contributed by atoms with E-state index < -0.39 is 6.10 Å². The topological polar surface area (TPSA) is 78.6 Å². The molecule has 5 heteroatoms. The fourth-order valence-corrected chi connectivity index (χ4v) is 1.46. The highest BCUT2D eigenvalue weighted by Gasteiger charge is 2.13. The summed E-state index contributed by atoms with van der Waals surface area (Å²) in [5.74, 6) is -0.234. The average molecular weight is 237 g/mol. The summed E-state index contributed by atoms with van der Waals surface area (Å²) in [6, 6.07) is 5.18. The molecule has 0 spiro atoms. The van der Waals surface area contributed by atoms with Crippen LogP contribution >= 0.6 is 0 Å². The van der Waals surface area contributed by atoms with Crippen LogP contribution in [-0.4, -0.2) is 37.8 Å². The molecule has 1 amide bonds. The Morgan fingerprint density at radius 2 is 2.18 bits per heavy atom. The van der Waals surface area contributed by atoms with Crippen LogP contribution in [0, 0.1) is 0 Å². The highest BCUT2D eigenvalue weighted by atomic mass is 16.3. The Balaban J connectivity index is 2.94. The summed E-state index contributed by atoms with van der Waals surface area (Å²) in [6.07, 6.45) is -0.567. The number of nitrogens with one attached hydrogen (secondary N) is 1. The fourth-order valence-electron chi connectivity index (χ4n) is 1.46. The normalized spacial score (nSPS) is 12.0. The van der Waals surface area contributed by atoms with Crippen molar-refractivity contribution in [1.82, 2.24) is 5.32 Å². The highest BCUT2D eigenvalue weighted by molar-refractivity contribution is 6.00. The van der Waals surface area contributed by atoms with E-state index in [1.54, 1.807) is 25.1 Å². The van der Waals surface area contributed by atoms with Gasteiger partial charge in [0.2, 0.25) is 0 Å². The van der Waals surface area contributed by atoms with Crippen LogP contribution < -0.4 is 16.0 Å². The molecular formula is C12H19N3O2. The number of rotatable bonds is 4. The van der Waals surface area contributed by atoms with E-state index >= 15 is 0 Å². The fraction of sp³-hybridized carbons (Fsp3) is 0.417. The molecule has 0 aliphatic heterocycles. The number of aliphatic hydroxyl groups excluding tert-OH is 1. The van der Waals surface area contributed by atoms with Gasteiger partial charge in [-0.2, -0.15) is 0 Å². The van der Waals surface area contributed by atoms with Gasteiger partial charge in [-0.15, -0.1) is 0 Å². The SMILES string of the molecule is C[C@H](O)CNC(=O)c1cc(N)ccc1N(C)C. The maximum atomic E-state index is 11.9. The number of nitrogens with zero attached hydrogens (tertiary/aromatic N) is 1. The van der Waals surface area contributed by atoms with Gasteiger partial charge in [0.1, 0.15) is 0 Å². The van der Waals surface area contributed by atoms with E-state index in [0.717, 1.165) is 5.69 Å². The van der Waals surface area contributed by atoms with Crippen LogP contribution in [0.25, 0.3) is 0 Å². The van der Waals surface area contributed by atoms with Crippen LogP contribution in [-0.2, 0) is 0 Å². The number of benzene rings is 1.